The molecule has 0 spiro atoms. The van der Waals surface area contributed by atoms with Gasteiger partial charge in [0.05, 0.1) is 25.9 Å². The van der Waals surface area contributed by atoms with Crippen molar-refractivity contribution in [3.63, 3.8) is 0 Å². The zero-order chi connectivity index (χ0) is 13.7. The second kappa shape index (κ2) is 6.68. The number of aryl methyl sites for hydroxylation is 1. The van der Waals surface area contributed by atoms with Crippen LogP contribution in [0.1, 0.15) is 21.5 Å². The lowest BCUT2D eigenvalue weighted by Gasteiger charge is -2.26. The van der Waals surface area contributed by atoms with Gasteiger partial charge in [-0.05, 0) is 30.5 Å². The van der Waals surface area contributed by atoms with Gasteiger partial charge in [0.1, 0.15) is 0 Å². The van der Waals surface area contributed by atoms with E-state index in [2.05, 4.69) is 11.0 Å². The van der Waals surface area contributed by atoms with Crippen LogP contribution < -0.4 is 0 Å². The van der Waals surface area contributed by atoms with E-state index in [1.54, 1.807) is 0 Å². The number of ether oxygens (including phenoxy) is 2. The number of morpholine rings is 1. The summed E-state index contributed by atoms with van der Waals surface area (Å²) in [5.41, 5.74) is 2.81. The van der Waals surface area contributed by atoms with Gasteiger partial charge in [-0.1, -0.05) is 12.1 Å². The minimum Gasteiger partial charge on any atom is -0.465 e. The van der Waals surface area contributed by atoms with Crippen LogP contribution in [0.2, 0.25) is 0 Å². The molecule has 104 valence electrons. The molecule has 0 bridgehead atoms. The van der Waals surface area contributed by atoms with Crippen molar-refractivity contribution >= 4 is 5.97 Å². The summed E-state index contributed by atoms with van der Waals surface area (Å²) in [5.74, 6) is -0.259. The average Bonchev–Trinajstić information content (AvgIpc) is 2.46. The molecule has 1 aliphatic rings. The number of hydrogen-bond donors (Lipinski definition) is 0. The second-order valence-corrected chi connectivity index (χ2v) is 4.84. The van der Waals surface area contributed by atoms with Crippen LogP contribution in [0, 0.1) is 6.92 Å². The minimum atomic E-state index is -0.259. The summed E-state index contributed by atoms with van der Waals surface area (Å²) in [6, 6.07) is 6.02. The molecule has 0 unspecified atom stereocenters. The number of benzene rings is 1. The molecule has 1 heterocycles. The van der Waals surface area contributed by atoms with Crippen LogP contribution in [0.15, 0.2) is 18.2 Å². The van der Waals surface area contributed by atoms with Gasteiger partial charge in [0, 0.05) is 19.6 Å². The van der Waals surface area contributed by atoms with Crippen LogP contribution in [0.4, 0.5) is 0 Å². The molecule has 19 heavy (non-hydrogen) atoms. The van der Waals surface area contributed by atoms with Gasteiger partial charge in [-0.25, -0.2) is 4.79 Å². The lowest BCUT2D eigenvalue weighted by Crippen LogP contribution is -2.37. The number of methoxy groups -OCH3 is 1. The number of carbonyl (C=O) groups is 1. The number of nitrogens with zero attached hydrogens (tertiary/aromatic N) is 1. The fraction of sp³-hybridized carbons (Fsp3) is 0.533. The van der Waals surface area contributed by atoms with Crippen LogP contribution in [0.25, 0.3) is 0 Å². The SMILES string of the molecule is COC(=O)c1cc(CCN2CCOCC2)ccc1C. The molecule has 1 aromatic carbocycles. The smallest absolute Gasteiger partial charge is 0.338 e. The molecule has 0 atom stereocenters. The zero-order valence-corrected chi connectivity index (χ0v) is 11.6. The van der Waals surface area contributed by atoms with Gasteiger partial charge < -0.3 is 9.47 Å². The summed E-state index contributed by atoms with van der Waals surface area (Å²) in [4.78, 5) is 14.0. The number of rotatable bonds is 4. The first-order chi connectivity index (χ1) is 9.20. The Morgan fingerprint density at radius 3 is 2.79 bits per heavy atom. The van der Waals surface area contributed by atoms with Gasteiger partial charge in [0.15, 0.2) is 0 Å². The van der Waals surface area contributed by atoms with E-state index in [4.69, 9.17) is 9.47 Å². The highest BCUT2D eigenvalue weighted by Crippen LogP contribution is 2.13. The Balaban J connectivity index is 1.98. The molecule has 4 nitrogen and oxygen atoms in total. The van der Waals surface area contributed by atoms with Crippen LogP contribution in [-0.2, 0) is 15.9 Å². The monoisotopic (exact) mass is 263 g/mol. The van der Waals surface area contributed by atoms with Gasteiger partial charge in [-0.15, -0.1) is 0 Å². The molecular formula is C15H21NO3. The second-order valence-electron chi connectivity index (χ2n) is 4.84. The summed E-state index contributed by atoms with van der Waals surface area (Å²) in [6.45, 7) is 6.57. The Bertz CT molecular complexity index is 439. The quantitative estimate of drug-likeness (QED) is 0.774. The van der Waals surface area contributed by atoms with E-state index in [0.29, 0.717) is 5.56 Å². The molecule has 0 aromatic heterocycles. The van der Waals surface area contributed by atoms with Crippen molar-refractivity contribution in [1.82, 2.24) is 4.90 Å². The Hall–Kier alpha value is -1.39. The van der Waals surface area contributed by atoms with Crippen LogP contribution in [0.3, 0.4) is 0 Å². The third-order valence-electron chi connectivity index (χ3n) is 3.53. The first kappa shape index (κ1) is 14.0. The molecule has 0 amide bonds. The summed E-state index contributed by atoms with van der Waals surface area (Å²) in [7, 11) is 1.42. The molecule has 0 aliphatic carbocycles. The molecule has 2 rings (SSSR count). The highest BCUT2D eigenvalue weighted by atomic mass is 16.5. The summed E-state index contributed by atoms with van der Waals surface area (Å²) < 4.78 is 10.1. The maximum atomic E-state index is 11.6. The van der Waals surface area contributed by atoms with E-state index < -0.39 is 0 Å². The van der Waals surface area contributed by atoms with Crippen molar-refractivity contribution in [1.29, 1.82) is 0 Å². The zero-order valence-electron chi connectivity index (χ0n) is 11.6. The molecular weight excluding hydrogens is 242 g/mol. The first-order valence-corrected chi connectivity index (χ1v) is 6.68. The Labute approximate surface area is 114 Å². The van der Waals surface area contributed by atoms with Gasteiger partial charge in [0.2, 0.25) is 0 Å². The number of esters is 1. The third-order valence-corrected chi connectivity index (χ3v) is 3.53. The Morgan fingerprint density at radius 1 is 1.37 bits per heavy atom. The maximum absolute atomic E-state index is 11.6. The fourth-order valence-corrected chi connectivity index (χ4v) is 2.27. The van der Waals surface area contributed by atoms with E-state index in [0.717, 1.165) is 44.8 Å². The average molecular weight is 263 g/mol. The molecule has 0 N–H and O–H groups in total. The van der Waals surface area contributed by atoms with Crippen molar-refractivity contribution in [3.05, 3.63) is 34.9 Å². The molecule has 0 radical (unpaired) electrons. The molecule has 1 fully saturated rings. The molecule has 1 saturated heterocycles. The molecule has 0 saturated carbocycles. The van der Waals surface area contributed by atoms with Crippen LogP contribution >= 0.6 is 0 Å². The predicted molar refractivity (Wildman–Crippen MR) is 73.5 cm³/mol. The van der Waals surface area contributed by atoms with Crippen LogP contribution in [-0.4, -0.2) is 50.8 Å². The Morgan fingerprint density at radius 2 is 2.11 bits per heavy atom. The van der Waals surface area contributed by atoms with Gasteiger partial charge in [0.25, 0.3) is 0 Å². The lowest BCUT2D eigenvalue weighted by atomic mass is 10.0. The summed E-state index contributed by atoms with van der Waals surface area (Å²) >= 11 is 0. The van der Waals surface area contributed by atoms with Gasteiger partial charge in [-0.3, -0.25) is 4.90 Å². The van der Waals surface area contributed by atoms with Crippen molar-refractivity contribution in [2.45, 2.75) is 13.3 Å². The molecule has 4 heteroatoms. The molecule has 1 aromatic rings. The molecule has 1 aliphatic heterocycles. The van der Waals surface area contributed by atoms with E-state index in [1.807, 2.05) is 19.1 Å². The normalized spacial score (nSPS) is 16.3. The van der Waals surface area contributed by atoms with E-state index in [-0.39, 0.29) is 5.97 Å². The van der Waals surface area contributed by atoms with Crippen molar-refractivity contribution in [3.8, 4) is 0 Å². The predicted octanol–water partition coefficient (Wildman–Crippen LogP) is 1.66. The minimum absolute atomic E-state index is 0.259. The fourth-order valence-electron chi connectivity index (χ4n) is 2.27. The van der Waals surface area contributed by atoms with E-state index in [1.165, 1.54) is 12.7 Å². The van der Waals surface area contributed by atoms with Gasteiger partial charge in [-0.2, -0.15) is 0 Å². The number of hydrogen-bond acceptors (Lipinski definition) is 4. The topological polar surface area (TPSA) is 38.8 Å². The highest BCUT2D eigenvalue weighted by molar-refractivity contribution is 5.91. The van der Waals surface area contributed by atoms with Crippen molar-refractivity contribution in [2.75, 3.05) is 40.0 Å². The summed E-state index contributed by atoms with van der Waals surface area (Å²) in [5, 5.41) is 0. The van der Waals surface area contributed by atoms with E-state index >= 15 is 0 Å². The van der Waals surface area contributed by atoms with Crippen molar-refractivity contribution < 1.29 is 14.3 Å². The standard InChI is InChI=1S/C15H21NO3/c1-12-3-4-13(11-14(12)15(17)18-2)5-6-16-7-9-19-10-8-16/h3-4,11H,5-10H2,1-2H3. The largest absolute Gasteiger partial charge is 0.465 e. The summed E-state index contributed by atoms with van der Waals surface area (Å²) in [6.07, 6.45) is 0.949. The van der Waals surface area contributed by atoms with Crippen LogP contribution in [0.5, 0.6) is 0 Å². The van der Waals surface area contributed by atoms with E-state index in [9.17, 15) is 4.79 Å². The maximum Gasteiger partial charge on any atom is 0.338 e. The first-order valence-electron chi connectivity index (χ1n) is 6.68. The highest BCUT2D eigenvalue weighted by Gasteiger charge is 2.12. The van der Waals surface area contributed by atoms with Crippen molar-refractivity contribution in [2.24, 2.45) is 0 Å². The Kier molecular flexibility index (Phi) is 4.93. The lowest BCUT2D eigenvalue weighted by molar-refractivity contribution is 0.0384. The number of carbonyl (C=O) groups excluding carboxylic acids is 1. The van der Waals surface area contributed by atoms with Gasteiger partial charge >= 0.3 is 5.97 Å². The third kappa shape index (κ3) is 3.78.